The molecular formula is C16H16ClNO3. The third-order valence-electron chi connectivity index (χ3n) is 3.25. The molecule has 1 aliphatic heterocycles. The lowest BCUT2D eigenvalue weighted by molar-refractivity contribution is 0.173. The predicted octanol–water partition coefficient (Wildman–Crippen LogP) is 3.15. The Bertz CT molecular complexity index is 645. The highest BCUT2D eigenvalue weighted by Gasteiger charge is 2.17. The molecule has 1 aliphatic rings. The highest BCUT2D eigenvalue weighted by Crippen LogP contribution is 2.38. The Hall–Kier alpha value is -1.91. The van der Waals surface area contributed by atoms with Crippen LogP contribution in [0, 0.1) is 0 Å². The van der Waals surface area contributed by atoms with Crippen molar-refractivity contribution in [3.8, 4) is 17.2 Å². The lowest BCUT2D eigenvalue weighted by Gasteiger charge is -2.12. The van der Waals surface area contributed by atoms with Gasteiger partial charge in [-0.3, -0.25) is 0 Å². The van der Waals surface area contributed by atoms with Crippen molar-refractivity contribution in [2.75, 3.05) is 13.3 Å². The number of fused-ring (bicyclic) bond motifs is 1. The van der Waals surface area contributed by atoms with E-state index in [1.165, 1.54) is 0 Å². The summed E-state index contributed by atoms with van der Waals surface area (Å²) in [6.07, 6.45) is 0.724. The summed E-state index contributed by atoms with van der Waals surface area (Å²) in [6, 6.07) is 11.4. The van der Waals surface area contributed by atoms with Crippen LogP contribution in [0.25, 0.3) is 0 Å². The zero-order chi connectivity index (χ0) is 14.7. The number of nitrogens with two attached hydrogens (primary N) is 1. The van der Waals surface area contributed by atoms with E-state index >= 15 is 0 Å². The standard InChI is InChI=1S/C16H16ClNO3/c17-13-3-1-2-11(6-13)9-19-14-8-16-15(20-10-21-16)7-12(14)4-5-18/h1-3,6-8H,4-5,9-10,18H2. The molecule has 21 heavy (non-hydrogen) atoms. The van der Waals surface area contributed by atoms with Gasteiger partial charge in [0.25, 0.3) is 0 Å². The summed E-state index contributed by atoms with van der Waals surface area (Å²) in [5, 5.41) is 0.698. The molecule has 2 aromatic rings. The molecule has 3 rings (SSSR count). The lowest BCUT2D eigenvalue weighted by atomic mass is 10.1. The van der Waals surface area contributed by atoms with Gasteiger partial charge >= 0.3 is 0 Å². The lowest BCUT2D eigenvalue weighted by Crippen LogP contribution is -2.05. The van der Waals surface area contributed by atoms with E-state index in [2.05, 4.69) is 0 Å². The molecule has 0 saturated carbocycles. The minimum atomic E-state index is 0.245. The van der Waals surface area contributed by atoms with Crippen LogP contribution >= 0.6 is 11.6 Å². The third-order valence-corrected chi connectivity index (χ3v) is 3.49. The molecule has 0 fully saturated rings. The van der Waals surface area contributed by atoms with Crippen LogP contribution in [0.3, 0.4) is 0 Å². The number of hydrogen-bond donors (Lipinski definition) is 1. The van der Waals surface area contributed by atoms with Crippen molar-refractivity contribution < 1.29 is 14.2 Å². The van der Waals surface area contributed by atoms with E-state index in [0.29, 0.717) is 23.9 Å². The highest BCUT2D eigenvalue weighted by molar-refractivity contribution is 6.30. The molecule has 1 heterocycles. The van der Waals surface area contributed by atoms with Crippen LogP contribution in [-0.4, -0.2) is 13.3 Å². The Morgan fingerprint density at radius 3 is 2.71 bits per heavy atom. The molecule has 0 unspecified atom stereocenters. The maximum absolute atomic E-state index is 5.98. The Kier molecular flexibility index (Phi) is 4.18. The van der Waals surface area contributed by atoms with Gasteiger partial charge in [-0.25, -0.2) is 0 Å². The SMILES string of the molecule is NCCc1cc2c(cc1OCc1cccc(Cl)c1)OCO2. The molecule has 0 aliphatic carbocycles. The first-order valence-electron chi connectivity index (χ1n) is 6.76. The molecule has 0 radical (unpaired) electrons. The normalized spacial score (nSPS) is 12.5. The summed E-state index contributed by atoms with van der Waals surface area (Å²) in [5.41, 5.74) is 7.69. The minimum Gasteiger partial charge on any atom is -0.488 e. The minimum absolute atomic E-state index is 0.245. The van der Waals surface area contributed by atoms with Crippen LogP contribution in [0.4, 0.5) is 0 Å². The fourth-order valence-corrected chi connectivity index (χ4v) is 2.45. The maximum Gasteiger partial charge on any atom is 0.231 e. The smallest absolute Gasteiger partial charge is 0.231 e. The van der Waals surface area contributed by atoms with E-state index in [4.69, 9.17) is 31.5 Å². The molecule has 0 aromatic heterocycles. The van der Waals surface area contributed by atoms with Gasteiger partial charge in [0.2, 0.25) is 6.79 Å². The predicted molar refractivity (Wildman–Crippen MR) is 81.1 cm³/mol. The maximum atomic E-state index is 5.98. The molecule has 0 saturated heterocycles. The molecule has 0 spiro atoms. The van der Waals surface area contributed by atoms with Crippen LogP contribution in [0.2, 0.25) is 5.02 Å². The summed E-state index contributed by atoms with van der Waals surface area (Å²) in [4.78, 5) is 0. The number of benzene rings is 2. The van der Waals surface area contributed by atoms with Crippen LogP contribution in [0.1, 0.15) is 11.1 Å². The zero-order valence-electron chi connectivity index (χ0n) is 11.5. The molecule has 0 bridgehead atoms. The van der Waals surface area contributed by atoms with Crippen LogP contribution in [0.15, 0.2) is 36.4 Å². The number of rotatable bonds is 5. The highest BCUT2D eigenvalue weighted by atomic mass is 35.5. The molecule has 0 amide bonds. The van der Waals surface area contributed by atoms with Gasteiger partial charge in [-0.2, -0.15) is 0 Å². The van der Waals surface area contributed by atoms with Crippen molar-refractivity contribution in [2.45, 2.75) is 13.0 Å². The summed E-state index contributed by atoms with van der Waals surface area (Å²) >= 11 is 5.98. The van der Waals surface area contributed by atoms with E-state index in [-0.39, 0.29) is 6.79 Å². The summed E-state index contributed by atoms with van der Waals surface area (Å²) in [6.45, 7) is 1.24. The summed E-state index contributed by atoms with van der Waals surface area (Å²) < 4.78 is 16.7. The van der Waals surface area contributed by atoms with E-state index in [0.717, 1.165) is 29.0 Å². The largest absolute Gasteiger partial charge is 0.488 e. The van der Waals surface area contributed by atoms with E-state index < -0.39 is 0 Å². The number of hydrogen-bond acceptors (Lipinski definition) is 4. The molecule has 2 N–H and O–H groups in total. The second kappa shape index (κ2) is 6.24. The zero-order valence-corrected chi connectivity index (χ0v) is 12.2. The van der Waals surface area contributed by atoms with Gasteiger partial charge in [-0.05, 0) is 42.3 Å². The molecule has 4 nitrogen and oxygen atoms in total. The average Bonchev–Trinajstić information content (AvgIpc) is 2.92. The van der Waals surface area contributed by atoms with Gasteiger partial charge in [0, 0.05) is 11.1 Å². The van der Waals surface area contributed by atoms with E-state index in [1.807, 2.05) is 36.4 Å². The first kappa shape index (κ1) is 14.0. The van der Waals surface area contributed by atoms with Crippen molar-refractivity contribution in [3.05, 3.63) is 52.5 Å². The second-order valence-corrected chi connectivity index (χ2v) is 5.21. The molecule has 110 valence electrons. The van der Waals surface area contributed by atoms with Crippen LogP contribution in [0.5, 0.6) is 17.2 Å². The topological polar surface area (TPSA) is 53.7 Å². The Morgan fingerprint density at radius 2 is 1.95 bits per heavy atom. The van der Waals surface area contributed by atoms with Crippen molar-refractivity contribution in [3.63, 3.8) is 0 Å². The third kappa shape index (κ3) is 3.23. The second-order valence-electron chi connectivity index (χ2n) is 4.77. The molecule has 2 aromatic carbocycles. The van der Waals surface area contributed by atoms with Gasteiger partial charge in [0.1, 0.15) is 12.4 Å². The van der Waals surface area contributed by atoms with Gasteiger partial charge in [-0.15, -0.1) is 0 Å². The summed E-state index contributed by atoms with van der Waals surface area (Å²) in [5.74, 6) is 2.22. The monoisotopic (exact) mass is 305 g/mol. The van der Waals surface area contributed by atoms with Gasteiger partial charge in [0.05, 0.1) is 0 Å². The van der Waals surface area contributed by atoms with Gasteiger partial charge in [0.15, 0.2) is 11.5 Å². The molecular weight excluding hydrogens is 290 g/mol. The first-order chi connectivity index (χ1) is 10.3. The van der Waals surface area contributed by atoms with Crippen molar-refractivity contribution in [1.82, 2.24) is 0 Å². The number of ether oxygens (including phenoxy) is 3. The molecule has 0 atom stereocenters. The number of halogens is 1. The van der Waals surface area contributed by atoms with Crippen molar-refractivity contribution >= 4 is 11.6 Å². The summed E-state index contributed by atoms with van der Waals surface area (Å²) in [7, 11) is 0. The van der Waals surface area contributed by atoms with E-state index in [9.17, 15) is 0 Å². The van der Waals surface area contributed by atoms with Crippen molar-refractivity contribution in [1.29, 1.82) is 0 Å². The van der Waals surface area contributed by atoms with Crippen LogP contribution in [-0.2, 0) is 13.0 Å². The van der Waals surface area contributed by atoms with Crippen molar-refractivity contribution in [2.24, 2.45) is 5.73 Å². The Morgan fingerprint density at radius 1 is 1.14 bits per heavy atom. The van der Waals surface area contributed by atoms with Gasteiger partial charge in [-0.1, -0.05) is 23.7 Å². The van der Waals surface area contributed by atoms with Crippen LogP contribution < -0.4 is 19.9 Å². The van der Waals surface area contributed by atoms with Gasteiger partial charge < -0.3 is 19.9 Å². The Balaban J connectivity index is 1.80. The molecule has 5 heteroatoms. The first-order valence-corrected chi connectivity index (χ1v) is 7.14. The average molecular weight is 306 g/mol. The van der Waals surface area contributed by atoms with E-state index in [1.54, 1.807) is 0 Å². The quantitative estimate of drug-likeness (QED) is 0.922. The fourth-order valence-electron chi connectivity index (χ4n) is 2.24. The fraction of sp³-hybridized carbons (Fsp3) is 0.250. The Labute approximate surface area is 128 Å².